The lowest BCUT2D eigenvalue weighted by Gasteiger charge is -2.20. The SMILES string of the molecule is Cc1ccc(C(C)NC(C)C(=O)NCC(C)C)cc1F. The van der Waals surface area contributed by atoms with E-state index in [4.69, 9.17) is 0 Å². The first-order chi connectivity index (χ1) is 9.31. The summed E-state index contributed by atoms with van der Waals surface area (Å²) in [5.74, 6) is 0.181. The number of rotatable bonds is 6. The topological polar surface area (TPSA) is 41.1 Å². The molecule has 0 fully saturated rings. The van der Waals surface area contributed by atoms with Crippen molar-refractivity contribution in [1.29, 1.82) is 0 Å². The van der Waals surface area contributed by atoms with Crippen LogP contribution in [0.15, 0.2) is 18.2 Å². The molecule has 20 heavy (non-hydrogen) atoms. The van der Waals surface area contributed by atoms with Gasteiger partial charge in [0, 0.05) is 12.6 Å². The van der Waals surface area contributed by atoms with Gasteiger partial charge >= 0.3 is 0 Å². The number of benzene rings is 1. The maximum Gasteiger partial charge on any atom is 0.236 e. The van der Waals surface area contributed by atoms with Crippen LogP contribution in [-0.2, 0) is 4.79 Å². The van der Waals surface area contributed by atoms with Crippen molar-refractivity contribution in [3.8, 4) is 0 Å². The molecular weight excluding hydrogens is 255 g/mol. The lowest BCUT2D eigenvalue weighted by molar-refractivity contribution is -0.123. The first-order valence-electron chi connectivity index (χ1n) is 7.11. The fraction of sp³-hybridized carbons (Fsp3) is 0.562. The van der Waals surface area contributed by atoms with Crippen LogP contribution in [-0.4, -0.2) is 18.5 Å². The molecule has 2 N–H and O–H groups in total. The molecule has 0 aliphatic rings. The molecule has 0 heterocycles. The van der Waals surface area contributed by atoms with Gasteiger partial charge in [-0.2, -0.15) is 0 Å². The van der Waals surface area contributed by atoms with Crippen LogP contribution in [0.4, 0.5) is 4.39 Å². The van der Waals surface area contributed by atoms with Crippen molar-refractivity contribution in [1.82, 2.24) is 10.6 Å². The second-order valence-electron chi connectivity index (χ2n) is 5.76. The van der Waals surface area contributed by atoms with Crippen LogP contribution in [0, 0.1) is 18.7 Å². The van der Waals surface area contributed by atoms with Gasteiger partial charge in [0.2, 0.25) is 5.91 Å². The molecule has 112 valence electrons. The van der Waals surface area contributed by atoms with E-state index in [9.17, 15) is 9.18 Å². The first kappa shape index (κ1) is 16.6. The third-order valence-corrected chi connectivity index (χ3v) is 3.27. The van der Waals surface area contributed by atoms with Crippen LogP contribution in [0.2, 0.25) is 0 Å². The van der Waals surface area contributed by atoms with Crippen molar-refractivity contribution in [2.45, 2.75) is 46.7 Å². The Balaban J connectivity index is 2.58. The largest absolute Gasteiger partial charge is 0.354 e. The molecule has 1 aromatic rings. The molecule has 3 nitrogen and oxygen atoms in total. The van der Waals surface area contributed by atoms with Gasteiger partial charge < -0.3 is 5.32 Å². The average Bonchev–Trinajstić information content (AvgIpc) is 2.38. The van der Waals surface area contributed by atoms with Crippen LogP contribution in [0.3, 0.4) is 0 Å². The Bertz CT molecular complexity index is 460. The Morgan fingerprint density at radius 3 is 2.45 bits per heavy atom. The molecular formula is C16H25FN2O. The molecule has 0 aromatic heterocycles. The van der Waals surface area contributed by atoms with Crippen LogP contribution >= 0.6 is 0 Å². The van der Waals surface area contributed by atoms with E-state index in [-0.39, 0.29) is 23.8 Å². The number of carbonyl (C=O) groups excluding carboxylic acids is 1. The molecule has 0 saturated heterocycles. The van der Waals surface area contributed by atoms with E-state index in [1.165, 1.54) is 6.07 Å². The maximum absolute atomic E-state index is 13.5. The third-order valence-electron chi connectivity index (χ3n) is 3.27. The van der Waals surface area contributed by atoms with E-state index < -0.39 is 0 Å². The predicted molar refractivity (Wildman–Crippen MR) is 80.0 cm³/mol. The summed E-state index contributed by atoms with van der Waals surface area (Å²) in [5, 5.41) is 6.07. The first-order valence-corrected chi connectivity index (χ1v) is 7.11. The van der Waals surface area contributed by atoms with Gasteiger partial charge in [-0.1, -0.05) is 26.0 Å². The van der Waals surface area contributed by atoms with Gasteiger partial charge in [-0.3, -0.25) is 10.1 Å². The van der Waals surface area contributed by atoms with E-state index in [1.807, 2.05) is 19.9 Å². The summed E-state index contributed by atoms with van der Waals surface area (Å²) < 4.78 is 13.5. The van der Waals surface area contributed by atoms with Crippen molar-refractivity contribution < 1.29 is 9.18 Å². The molecule has 0 spiro atoms. The zero-order chi connectivity index (χ0) is 15.3. The molecule has 2 atom stereocenters. The van der Waals surface area contributed by atoms with Crippen LogP contribution in [0.25, 0.3) is 0 Å². The predicted octanol–water partition coefficient (Wildman–Crippen LogP) is 2.95. The molecule has 1 rings (SSSR count). The molecule has 0 bridgehead atoms. The fourth-order valence-corrected chi connectivity index (χ4v) is 1.88. The van der Waals surface area contributed by atoms with Gasteiger partial charge in [0.25, 0.3) is 0 Å². The number of carbonyl (C=O) groups is 1. The molecule has 1 amide bonds. The minimum absolute atomic E-state index is 0.0295. The van der Waals surface area contributed by atoms with E-state index in [2.05, 4.69) is 24.5 Å². The molecule has 2 unspecified atom stereocenters. The number of halogens is 1. The highest BCUT2D eigenvalue weighted by Crippen LogP contribution is 2.16. The van der Waals surface area contributed by atoms with Crippen LogP contribution < -0.4 is 10.6 Å². The summed E-state index contributed by atoms with van der Waals surface area (Å²) in [5.41, 5.74) is 1.47. The summed E-state index contributed by atoms with van der Waals surface area (Å²) in [6.45, 7) is 10.2. The summed E-state index contributed by atoms with van der Waals surface area (Å²) in [6, 6.07) is 4.77. The monoisotopic (exact) mass is 280 g/mol. The van der Waals surface area contributed by atoms with Gasteiger partial charge in [-0.05, 0) is 43.9 Å². The van der Waals surface area contributed by atoms with E-state index in [0.717, 1.165) is 5.56 Å². The molecule has 4 heteroatoms. The second-order valence-corrected chi connectivity index (χ2v) is 5.76. The number of amides is 1. The van der Waals surface area contributed by atoms with Gasteiger partial charge in [0.15, 0.2) is 0 Å². The van der Waals surface area contributed by atoms with Crippen LogP contribution in [0.5, 0.6) is 0 Å². The van der Waals surface area contributed by atoms with Crippen molar-refractivity contribution in [3.05, 3.63) is 35.1 Å². The minimum atomic E-state index is -0.312. The quantitative estimate of drug-likeness (QED) is 0.841. The fourth-order valence-electron chi connectivity index (χ4n) is 1.88. The Morgan fingerprint density at radius 2 is 1.90 bits per heavy atom. The Labute approximate surface area is 121 Å². The minimum Gasteiger partial charge on any atom is -0.354 e. The normalized spacial score (nSPS) is 14.2. The van der Waals surface area contributed by atoms with Crippen molar-refractivity contribution >= 4 is 5.91 Å². The van der Waals surface area contributed by atoms with Crippen molar-refractivity contribution in [3.63, 3.8) is 0 Å². The van der Waals surface area contributed by atoms with Gasteiger partial charge in [-0.25, -0.2) is 4.39 Å². The lowest BCUT2D eigenvalue weighted by Crippen LogP contribution is -2.44. The lowest BCUT2D eigenvalue weighted by atomic mass is 10.1. The van der Waals surface area contributed by atoms with Crippen molar-refractivity contribution in [2.24, 2.45) is 5.92 Å². The number of hydrogen-bond donors (Lipinski definition) is 2. The maximum atomic E-state index is 13.5. The highest BCUT2D eigenvalue weighted by molar-refractivity contribution is 5.81. The number of nitrogens with one attached hydrogen (secondary N) is 2. The van der Waals surface area contributed by atoms with Gasteiger partial charge in [0.05, 0.1) is 6.04 Å². The highest BCUT2D eigenvalue weighted by Gasteiger charge is 2.16. The second kappa shape index (κ2) is 7.39. The summed E-state index contributed by atoms with van der Waals surface area (Å²) >= 11 is 0. The smallest absolute Gasteiger partial charge is 0.236 e. The highest BCUT2D eigenvalue weighted by atomic mass is 19.1. The molecule has 0 radical (unpaired) electrons. The molecule has 0 aliphatic carbocycles. The standard InChI is InChI=1S/C16H25FN2O/c1-10(2)9-18-16(20)13(5)19-12(4)14-7-6-11(3)15(17)8-14/h6-8,10,12-13,19H,9H2,1-5H3,(H,18,20). The summed E-state index contributed by atoms with van der Waals surface area (Å²) in [7, 11) is 0. The van der Waals surface area contributed by atoms with Crippen LogP contribution in [0.1, 0.15) is 44.9 Å². The van der Waals surface area contributed by atoms with Gasteiger partial charge in [-0.15, -0.1) is 0 Å². The molecule has 0 aliphatic heterocycles. The van der Waals surface area contributed by atoms with E-state index in [0.29, 0.717) is 18.0 Å². The Morgan fingerprint density at radius 1 is 1.25 bits per heavy atom. The van der Waals surface area contributed by atoms with E-state index in [1.54, 1.807) is 13.0 Å². The zero-order valence-corrected chi connectivity index (χ0v) is 13.0. The Hall–Kier alpha value is -1.42. The molecule has 1 aromatic carbocycles. The Kier molecular flexibility index (Phi) is 6.14. The number of hydrogen-bond acceptors (Lipinski definition) is 2. The number of aryl methyl sites for hydroxylation is 1. The summed E-state index contributed by atoms with van der Waals surface area (Å²) in [6.07, 6.45) is 0. The van der Waals surface area contributed by atoms with Crippen molar-refractivity contribution in [2.75, 3.05) is 6.54 Å². The van der Waals surface area contributed by atoms with E-state index >= 15 is 0 Å². The average molecular weight is 280 g/mol. The third kappa shape index (κ3) is 4.93. The zero-order valence-electron chi connectivity index (χ0n) is 13.0. The summed E-state index contributed by atoms with van der Waals surface area (Å²) in [4.78, 5) is 11.9. The molecule has 0 saturated carbocycles. The van der Waals surface area contributed by atoms with Gasteiger partial charge in [0.1, 0.15) is 5.82 Å².